The van der Waals surface area contributed by atoms with Gasteiger partial charge in [-0.1, -0.05) is 47.7 Å². The van der Waals surface area contributed by atoms with Gasteiger partial charge in [0.15, 0.2) is 23.3 Å². The number of nitrogens with zero attached hydrogens (tertiary/aromatic N) is 5. The van der Waals surface area contributed by atoms with Gasteiger partial charge in [-0.05, 0) is 18.2 Å². The van der Waals surface area contributed by atoms with Gasteiger partial charge >= 0.3 is 0 Å². The number of ether oxygens (including phenoxy) is 2. The highest BCUT2D eigenvalue weighted by Gasteiger charge is 2.23. The Morgan fingerprint density at radius 3 is 2.78 bits per heavy atom. The number of carbonyl (C=O) groups is 1. The lowest BCUT2D eigenvalue weighted by Crippen LogP contribution is -2.33. The van der Waals surface area contributed by atoms with E-state index in [1.54, 1.807) is 22.8 Å². The summed E-state index contributed by atoms with van der Waals surface area (Å²) < 4.78 is 13.3. The van der Waals surface area contributed by atoms with Crippen molar-refractivity contribution < 1.29 is 14.3 Å². The van der Waals surface area contributed by atoms with Crippen molar-refractivity contribution in [3.8, 4) is 22.8 Å². The van der Waals surface area contributed by atoms with Crippen LogP contribution in [-0.2, 0) is 13.1 Å². The molecule has 0 saturated carbocycles. The normalized spacial score (nSPS) is 14.8. The van der Waals surface area contributed by atoms with Crippen molar-refractivity contribution in [2.24, 2.45) is 0 Å². The van der Waals surface area contributed by atoms with E-state index in [9.17, 15) is 4.79 Å². The maximum atomic E-state index is 12.8. The first-order chi connectivity index (χ1) is 15.7. The fourth-order valence-corrected chi connectivity index (χ4v) is 3.57. The number of benzene rings is 2. The molecule has 1 amide bonds. The van der Waals surface area contributed by atoms with Crippen LogP contribution in [-0.4, -0.2) is 55.8 Å². The van der Waals surface area contributed by atoms with E-state index >= 15 is 0 Å². The molecule has 4 aromatic rings. The fraction of sp³-hybridized carbons (Fsp3) is 0.217. The highest BCUT2D eigenvalue weighted by atomic mass is 16.6. The number of nitrogens with one attached hydrogen (secondary N) is 1. The number of aromatic nitrogens is 5. The number of rotatable bonds is 6. The second-order valence-electron chi connectivity index (χ2n) is 7.63. The molecule has 1 aliphatic heterocycles. The van der Waals surface area contributed by atoms with Gasteiger partial charge in [0.05, 0.1) is 30.7 Å². The largest absolute Gasteiger partial charge is 0.486 e. The number of carbonyl (C=O) groups excluding carboxylic acids is 1. The summed E-state index contributed by atoms with van der Waals surface area (Å²) >= 11 is 0. The number of aromatic amines is 1. The summed E-state index contributed by atoms with van der Waals surface area (Å²) in [5.74, 6) is 1.21. The molecule has 3 heterocycles. The number of hydrogen-bond donors (Lipinski definition) is 1. The molecule has 9 heteroatoms. The van der Waals surface area contributed by atoms with Gasteiger partial charge in [-0.25, -0.2) is 4.68 Å². The molecule has 1 N–H and O–H groups in total. The Morgan fingerprint density at radius 1 is 1.16 bits per heavy atom. The van der Waals surface area contributed by atoms with E-state index in [0.29, 0.717) is 25.4 Å². The molecule has 2 aromatic heterocycles. The van der Waals surface area contributed by atoms with Gasteiger partial charge in [0.25, 0.3) is 5.91 Å². The van der Waals surface area contributed by atoms with Crippen LogP contribution in [0.5, 0.6) is 11.5 Å². The van der Waals surface area contributed by atoms with Gasteiger partial charge in [-0.2, -0.15) is 5.10 Å². The van der Waals surface area contributed by atoms with E-state index < -0.39 is 0 Å². The summed E-state index contributed by atoms with van der Waals surface area (Å²) in [5.41, 5.74) is 2.96. The van der Waals surface area contributed by atoms with Crippen LogP contribution in [0.4, 0.5) is 0 Å². The van der Waals surface area contributed by atoms with Crippen LogP contribution in [0.1, 0.15) is 16.2 Å². The van der Waals surface area contributed by atoms with Crippen molar-refractivity contribution in [2.45, 2.75) is 19.2 Å². The van der Waals surface area contributed by atoms with Gasteiger partial charge in [0, 0.05) is 12.6 Å². The summed E-state index contributed by atoms with van der Waals surface area (Å²) in [6.07, 6.45) is 1.42. The molecular formula is C23H22N6O3. The molecule has 5 rings (SSSR count). The molecule has 32 heavy (non-hydrogen) atoms. The molecule has 0 radical (unpaired) electrons. The highest BCUT2D eigenvalue weighted by Crippen LogP contribution is 2.31. The van der Waals surface area contributed by atoms with Crippen molar-refractivity contribution in [1.82, 2.24) is 30.1 Å². The Labute approximate surface area is 184 Å². The van der Waals surface area contributed by atoms with Crippen LogP contribution >= 0.6 is 0 Å². The molecule has 9 nitrogen and oxygen atoms in total. The van der Waals surface area contributed by atoms with Crippen molar-refractivity contribution in [3.63, 3.8) is 0 Å². The average molecular weight is 430 g/mol. The van der Waals surface area contributed by atoms with Crippen LogP contribution in [0.2, 0.25) is 0 Å². The van der Waals surface area contributed by atoms with Crippen LogP contribution in [0, 0.1) is 0 Å². The van der Waals surface area contributed by atoms with Crippen molar-refractivity contribution >= 4 is 5.91 Å². The lowest BCUT2D eigenvalue weighted by Gasteiger charge is -2.26. The topological polar surface area (TPSA) is 98.2 Å². The Bertz CT molecular complexity index is 1220. The van der Waals surface area contributed by atoms with Crippen molar-refractivity contribution in [1.29, 1.82) is 0 Å². The minimum Gasteiger partial charge on any atom is -0.486 e. The van der Waals surface area contributed by atoms with Gasteiger partial charge in [0.1, 0.15) is 6.61 Å². The zero-order chi connectivity index (χ0) is 21.9. The standard InChI is InChI=1S/C23H22N6O3/c1-28(12-17-11-19(25-24-17)16-7-3-2-4-8-16)23(30)20-14-29(27-26-20)13-18-15-31-21-9-5-6-10-22(21)32-18/h2-11,14,18H,12-13,15H2,1H3,(H,24,25)/t18-/m1/s1. The van der Waals surface area contributed by atoms with Crippen molar-refractivity contribution in [3.05, 3.63) is 78.2 Å². The average Bonchev–Trinajstić information content (AvgIpc) is 3.49. The lowest BCUT2D eigenvalue weighted by molar-refractivity contribution is 0.0752. The molecule has 0 saturated heterocycles. The van der Waals surface area contributed by atoms with Crippen LogP contribution in [0.3, 0.4) is 0 Å². The molecule has 0 aliphatic carbocycles. The van der Waals surface area contributed by atoms with Gasteiger partial charge in [0.2, 0.25) is 0 Å². The third-order valence-electron chi connectivity index (χ3n) is 5.17. The Hall–Kier alpha value is -4.14. The summed E-state index contributed by atoms with van der Waals surface area (Å²) in [7, 11) is 1.72. The summed E-state index contributed by atoms with van der Waals surface area (Å²) in [5, 5.41) is 15.5. The fourth-order valence-electron chi connectivity index (χ4n) is 3.57. The molecule has 162 valence electrons. The molecule has 1 aliphatic rings. The quantitative estimate of drug-likeness (QED) is 0.505. The predicted octanol–water partition coefficient (Wildman–Crippen LogP) is 2.78. The van der Waals surface area contributed by atoms with Crippen LogP contribution < -0.4 is 9.47 Å². The molecule has 0 bridgehead atoms. The summed E-state index contributed by atoms with van der Waals surface area (Å²) in [6.45, 7) is 1.21. The van der Waals surface area contributed by atoms with E-state index in [1.165, 1.54) is 0 Å². The SMILES string of the molecule is CN(Cc1cc(-c2ccccc2)n[nH]1)C(=O)c1cn(C[C@@H]2COc3ccccc3O2)nn1. The van der Waals surface area contributed by atoms with Gasteiger partial charge in [-0.3, -0.25) is 9.89 Å². The number of amides is 1. The first-order valence-electron chi connectivity index (χ1n) is 10.3. The van der Waals surface area contributed by atoms with E-state index in [4.69, 9.17) is 9.47 Å². The first-order valence-corrected chi connectivity index (χ1v) is 10.3. The van der Waals surface area contributed by atoms with E-state index in [1.807, 2.05) is 60.7 Å². The number of H-pyrrole nitrogens is 1. The smallest absolute Gasteiger partial charge is 0.276 e. The Balaban J connectivity index is 1.20. The van der Waals surface area contributed by atoms with Crippen LogP contribution in [0.25, 0.3) is 11.3 Å². The van der Waals surface area contributed by atoms with Crippen LogP contribution in [0.15, 0.2) is 66.9 Å². The monoisotopic (exact) mass is 430 g/mol. The van der Waals surface area contributed by atoms with Gasteiger partial charge in [-0.15, -0.1) is 5.10 Å². The van der Waals surface area contributed by atoms with Crippen molar-refractivity contribution in [2.75, 3.05) is 13.7 Å². The van der Waals surface area contributed by atoms with Gasteiger partial charge < -0.3 is 14.4 Å². The number of hydrogen-bond acceptors (Lipinski definition) is 6. The zero-order valence-corrected chi connectivity index (χ0v) is 17.5. The summed E-state index contributed by atoms with van der Waals surface area (Å²) in [6, 6.07) is 19.4. The second-order valence-corrected chi connectivity index (χ2v) is 7.63. The first kappa shape index (κ1) is 19.8. The Morgan fingerprint density at radius 2 is 1.94 bits per heavy atom. The number of para-hydroxylation sites is 2. The minimum absolute atomic E-state index is 0.214. The molecule has 0 unspecified atom stereocenters. The van der Waals surface area contributed by atoms with E-state index in [0.717, 1.165) is 22.7 Å². The minimum atomic E-state index is -0.224. The maximum absolute atomic E-state index is 12.8. The third kappa shape index (κ3) is 4.18. The van der Waals surface area contributed by atoms with E-state index in [-0.39, 0.29) is 17.7 Å². The molecule has 1 atom stereocenters. The molecule has 0 fully saturated rings. The third-order valence-corrected chi connectivity index (χ3v) is 5.17. The lowest BCUT2D eigenvalue weighted by atomic mass is 10.1. The zero-order valence-electron chi connectivity index (χ0n) is 17.5. The summed E-state index contributed by atoms with van der Waals surface area (Å²) in [4.78, 5) is 14.4. The van der Waals surface area contributed by atoms with E-state index in [2.05, 4.69) is 20.5 Å². The number of fused-ring (bicyclic) bond motifs is 1. The molecule has 0 spiro atoms. The molecule has 2 aromatic carbocycles. The second kappa shape index (κ2) is 8.54. The predicted molar refractivity (Wildman–Crippen MR) is 116 cm³/mol. The molecular weight excluding hydrogens is 408 g/mol. The Kier molecular flexibility index (Phi) is 5.29. The highest BCUT2D eigenvalue weighted by molar-refractivity contribution is 5.91. The maximum Gasteiger partial charge on any atom is 0.276 e.